The van der Waals surface area contributed by atoms with Crippen LogP contribution in [0, 0.1) is 0 Å². The molecule has 1 aromatic heterocycles. The lowest BCUT2D eigenvalue weighted by Gasteiger charge is -2.38. The first-order valence-corrected chi connectivity index (χ1v) is 9.29. The molecule has 144 valence electrons. The van der Waals surface area contributed by atoms with Gasteiger partial charge in [-0.3, -0.25) is 9.89 Å². The third kappa shape index (κ3) is 3.39. The maximum atomic E-state index is 13.0. The van der Waals surface area contributed by atoms with Crippen LogP contribution in [0.5, 0.6) is 11.5 Å². The Hall–Kier alpha value is -2.54. The van der Waals surface area contributed by atoms with Crippen LogP contribution >= 0.6 is 0 Å². The third-order valence-corrected chi connectivity index (χ3v) is 5.32. The SMILES string of the molecule is COc1ccc2c(c1)[C@@H](NC(=O)c1n[nH]c3c1CN(C)CC3)CC(C)(C)O2. The van der Waals surface area contributed by atoms with E-state index < -0.39 is 0 Å². The number of fused-ring (bicyclic) bond motifs is 2. The fourth-order valence-electron chi connectivity index (χ4n) is 3.93. The first-order valence-electron chi connectivity index (χ1n) is 9.29. The molecule has 0 saturated heterocycles. The van der Waals surface area contributed by atoms with Crippen LogP contribution in [0.3, 0.4) is 0 Å². The molecule has 27 heavy (non-hydrogen) atoms. The first-order chi connectivity index (χ1) is 12.9. The van der Waals surface area contributed by atoms with Crippen molar-refractivity contribution in [1.29, 1.82) is 0 Å². The van der Waals surface area contributed by atoms with Gasteiger partial charge in [-0.15, -0.1) is 0 Å². The van der Waals surface area contributed by atoms with Crippen molar-refractivity contribution in [3.8, 4) is 11.5 Å². The van der Waals surface area contributed by atoms with Crippen molar-refractivity contribution in [2.75, 3.05) is 20.7 Å². The third-order valence-electron chi connectivity index (χ3n) is 5.32. The van der Waals surface area contributed by atoms with Crippen molar-refractivity contribution in [1.82, 2.24) is 20.4 Å². The molecule has 3 heterocycles. The number of aromatic amines is 1. The molecular weight excluding hydrogens is 344 g/mol. The average Bonchev–Trinajstić information content (AvgIpc) is 3.03. The molecule has 7 nitrogen and oxygen atoms in total. The van der Waals surface area contributed by atoms with Gasteiger partial charge in [0.05, 0.1) is 13.2 Å². The molecule has 2 N–H and O–H groups in total. The van der Waals surface area contributed by atoms with Gasteiger partial charge in [-0.05, 0) is 39.1 Å². The van der Waals surface area contributed by atoms with Gasteiger partial charge in [-0.2, -0.15) is 5.10 Å². The summed E-state index contributed by atoms with van der Waals surface area (Å²) < 4.78 is 11.4. The smallest absolute Gasteiger partial charge is 0.272 e. The molecule has 0 bridgehead atoms. The van der Waals surface area contributed by atoms with E-state index in [-0.39, 0.29) is 17.6 Å². The lowest BCUT2D eigenvalue weighted by atomic mass is 9.89. The summed E-state index contributed by atoms with van der Waals surface area (Å²) in [6, 6.07) is 5.54. The molecule has 1 amide bonds. The van der Waals surface area contributed by atoms with Gasteiger partial charge < -0.3 is 19.7 Å². The second kappa shape index (κ2) is 6.56. The van der Waals surface area contributed by atoms with Gasteiger partial charge in [-0.1, -0.05) is 0 Å². The predicted molar refractivity (Wildman–Crippen MR) is 101 cm³/mol. The summed E-state index contributed by atoms with van der Waals surface area (Å²) in [6.45, 7) is 5.77. The van der Waals surface area contributed by atoms with E-state index in [1.165, 1.54) is 0 Å². The Bertz CT molecular complexity index is 874. The second-order valence-electron chi connectivity index (χ2n) is 8.01. The molecule has 2 aliphatic rings. The molecule has 4 rings (SSSR count). The number of carbonyl (C=O) groups is 1. The second-order valence-corrected chi connectivity index (χ2v) is 8.01. The highest BCUT2D eigenvalue weighted by Gasteiger charge is 2.36. The number of nitrogens with one attached hydrogen (secondary N) is 2. The van der Waals surface area contributed by atoms with Crippen LogP contribution in [0.25, 0.3) is 0 Å². The molecule has 1 aromatic carbocycles. The lowest BCUT2D eigenvalue weighted by molar-refractivity contribution is 0.0616. The minimum atomic E-state index is -0.370. The largest absolute Gasteiger partial charge is 0.497 e. The number of rotatable bonds is 3. The quantitative estimate of drug-likeness (QED) is 0.868. The lowest BCUT2D eigenvalue weighted by Crippen LogP contribution is -2.41. The van der Waals surface area contributed by atoms with Crippen LogP contribution in [0.2, 0.25) is 0 Å². The molecular formula is C20H26N4O3. The van der Waals surface area contributed by atoms with Crippen LogP contribution < -0.4 is 14.8 Å². The standard InChI is InChI=1S/C20H26N4O3/c1-20(2)10-16(13-9-12(26-4)5-6-17(13)27-20)21-19(25)18-14-11-24(3)8-7-15(14)22-23-18/h5-6,9,16H,7-8,10-11H2,1-4H3,(H,21,25)(H,22,23)/t16-/m0/s1. The number of hydrogen-bond donors (Lipinski definition) is 2. The molecule has 0 spiro atoms. The number of ether oxygens (including phenoxy) is 2. The van der Waals surface area contributed by atoms with Crippen LogP contribution in [-0.4, -0.2) is 47.3 Å². The van der Waals surface area contributed by atoms with Gasteiger partial charge in [0, 0.05) is 42.8 Å². The number of likely N-dealkylation sites (N-methyl/N-ethyl adjacent to an activating group) is 1. The molecule has 2 aromatic rings. The summed E-state index contributed by atoms with van der Waals surface area (Å²) in [5.74, 6) is 1.37. The highest BCUT2D eigenvalue weighted by atomic mass is 16.5. The van der Waals surface area contributed by atoms with Crippen molar-refractivity contribution in [2.24, 2.45) is 0 Å². The number of H-pyrrole nitrogens is 1. The summed E-state index contributed by atoms with van der Waals surface area (Å²) in [6.07, 6.45) is 1.56. The van der Waals surface area contributed by atoms with Gasteiger partial charge in [-0.25, -0.2) is 0 Å². The Balaban J connectivity index is 1.63. The minimum Gasteiger partial charge on any atom is -0.497 e. The summed E-state index contributed by atoms with van der Waals surface area (Å²) in [5.41, 5.74) is 3.12. The zero-order valence-electron chi connectivity index (χ0n) is 16.3. The van der Waals surface area contributed by atoms with E-state index in [1.54, 1.807) is 7.11 Å². The van der Waals surface area contributed by atoms with Crippen LogP contribution in [0.1, 0.15) is 53.6 Å². The highest BCUT2D eigenvalue weighted by molar-refractivity contribution is 5.94. The minimum absolute atomic E-state index is 0.153. The van der Waals surface area contributed by atoms with E-state index in [0.29, 0.717) is 12.1 Å². The number of aromatic nitrogens is 2. The number of hydrogen-bond acceptors (Lipinski definition) is 5. The summed E-state index contributed by atoms with van der Waals surface area (Å²) in [7, 11) is 3.69. The maximum absolute atomic E-state index is 13.0. The van der Waals surface area contributed by atoms with Crippen LogP contribution in [0.4, 0.5) is 0 Å². The molecule has 2 aliphatic heterocycles. The maximum Gasteiger partial charge on any atom is 0.272 e. The van der Waals surface area contributed by atoms with E-state index in [1.807, 2.05) is 32.0 Å². The van der Waals surface area contributed by atoms with Crippen LogP contribution in [0.15, 0.2) is 18.2 Å². The molecule has 0 fully saturated rings. The fraction of sp³-hybridized carbons (Fsp3) is 0.500. The number of nitrogens with zero attached hydrogens (tertiary/aromatic N) is 2. The average molecular weight is 370 g/mol. The van der Waals surface area contributed by atoms with Crippen LogP contribution in [-0.2, 0) is 13.0 Å². The Labute approximate surface area is 159 Å². The summed E-state index contributed by atoms with van der Waals surface area (Å²) in [5, 5.41) is 10.5. The monoisotopic (exact) mass is 370 g/mol. The van der Waals surface area contributed by atoms with E-state index in [0.717, 1.165) is 47.8 Å². The van der Waals surface area contributed by atoms with Crippen molar-refractivity contribution in [3.05, 3.63) is 40.7 Å². The van der Waals surface area contributed by atoms with Crippen molar-refractivity contribution in [3.63, 3.8) is 0 Å². The molecule has 0 radical (unpaired) electrons. The fourth-order valence-corrected chi connectivity index (χ4v) is 3.93. The summed E-state index contributed by atoms with van der Waals surface area (Å²) >= 11 is 0. The molecule has 0 unspecified atom stereocenters. The Kier molecular flexibility index (Phi) is 4.34. The summed E-state index contributed by atoms with van der Waals surface area (Å²) in [4.78, 5) is 15.2. The normalized spacial score (nSPS) is 21.0. The number of benzene rings is 1. The Morgan fingerprint density at radius 1 is 1.44 bits per heavy atom. The number of carbonyl (C=O) groups excluding carboxylic acids is 1. The Morgan fingerprint density at radius 2 is 2.26 bits per heavy atom. The van der Waals surface area contributed by atoms with Gasteiger partial charge in [0.15, 0.2) is 5.69 Å². The highest BCUT2D eigenvalue weighted by Crippen LogP contribution is 2.41. The van der Waals surface area contributed by atoms with E-state index in [2.05, 4.69) is 27.5 Å². The zero-order valence-corrected chi connectivity index (χ0v) is 16.3. The molecule has 0 saturated carbocycles. The van der Waals surface area contributed by atoms with Gasteiger partial charge >= 0.3 is 0 Å². The topological polar surface area (TPSA) is 79.5 Å². The predicted octanol–water partition coefficient (Wildman–Crippen LogP) is 2.44. The number of methoxy groups -OCH3 is 1. The van der Waals surface area contributed by atoms with E-state index in [4.69, 9.17) is 9.47 Å². The van der Waals surface area contributed by atoms with E-state index >= 15 is 0 Å². The van der Waals surface area contributed by atoms with Crippen molar-refractivity contribution < 1.29 is 14.3 Å². The first kappa shape index (κ1) is 17.9. The van der Waals surface area contributed by atoms with Crippen molar-refractivity contribution in [2.45, 2.75) is 44.9 Å². The Morgan fingerprint density at radius 3 is 3.04 bits per heavy atom. The van der Waals surface area contributed by atoms with Crippen molar-refractivity contribution >= 4 is 5.91 Å². The zero-order chi connectivity index (χ0) is 19.2. The van der Waals surface area contributed by atoms with Gasteiger partial charge in [0.25, 0.3) is 5.91 Å². The van der Waals surface area contributed by atoms with E-state index in [9.17, 15) is 4.79 Å². The molecule has 0 aliphatic carbocycles. The number of amides is 1. The van der Waals surface area contributed by atoms with Gasteiger partial charge in [0.2, 0.25) is 0 Å². The molecule has 1 atom stereocenters. The molecule has 7 heteroatoms. The van der Waals surface area contributed by atoms with Gasteiger partial charge in [0.1, 0.15) is 17.1 Å².